The van der Waals surface area contributed by atoms with E-state index >= 15 is 0 Å². The summed E-state index contributed by atoms with van der Waals surface area (Å²) < 4.78 is 14.1. The molecule has 1 saturated carbocycles. The summed E-state index contributed by atoms with van der Waals surface area (Å²) in [6.07, 6.45) is 3.60. The summed E-state index contributed by atoms with van der Waals surface area (Å²) in [6.45, 7) is 5.97. The highest BCUT2D eigenvalue weighted by molar-refractivity contribution is 6.03. The Hall–Kier alpha value is -3.87. The number of nitrogens with one attached hydrogen (secondary N) is 2. The first-order valence-electron chi connectivity index (χ1n) is 12.4. The van der Waals surface area contributed by atoms with E-state index in [4.69, 9.17) is 0 Å². The number of para-hydroxylation sites is 1. The molecule has 0 unspecified atom stereocenters. The molecule has 2 amide bonds. The number of carboxylic acid groups (broad SMARTS) is 1. The predicted octanol–water partition coefficient (Wildman–Crippen LogP) is 7.10. The Balaban J connectivity index is 1.70. The molecule has 0 radical (unpaired) electrons. The quantitative estimate of drug-likeness (QED) is 0.284. The third-order valence-corrected chi connectivity index (χ3v) is 6.27. The van der Waals surface area contributed by atoms with E-state index < -0.39 is 17.8 Å². The van der Waals surface area contributed by atoms with Gasteiger partial charge in [0.2, 0.25) is 0 Å². The minimum Gasteiger partial charge on any atom is -0.478 e. The van der Waals surface area contributed by atoms with Crippen molar-refractivity contribution >= 4 is 29.1 Å². The van der Waals surface area contributed by atoms with Crippen LogP contribution >= 0.6 is 0 Å². The van der Waals surface area contributed by atoms with Crippen molar-refractivity contribution in [3.05, 3.63) is 78.1 Å². The molecule has 0 bridgehead atoms. The number of carbonyl (C=O) groups excluding carboxylic acids is 1. The van der Waals surface area contributed by atoms with Crippen LogP contribution in [0.1, 0.15) is 43.5 Å². The average Bonchev–Trinajstić information content (AvgIpc) is 3.67. The van der Waals surface area contributed by atoms with Crippen molar-refractivity contribution in [1.82, 2.24) is 0 Å². The van der Waals surface area contributed by atoms with Gasteiger partial charge in [-0.2, -0.15) is 0 Å². The summed E-state index contributed by atoms with van der Waals surface area (Å²) >= 11 is 0. The van der Waals surface area contributed by atoms with Crippen molar-refractivity contribution in [3.8, 4) is 11.1 Å². The Labute approximate surface area is 211 Å². The molecule has 7 heteroatoms. The highest BCUT2D eigenvalue weighted by Gasteiger charge is 2.24. The van der Waals surface area contributed by atoms with Crippen LogP contribution in [0.3, 0.4) is 0 Å². The van der Waals surface area contributed by atoms with Crippen LogP contribution in [-0.4, -0.2) is 30.2 Å². The van der Waals surface area contributed by atoms with Crippen LogP contribution in [0.25, 0.3) is 11.1 Å². The lowest BCUT2D eigenvalue weighted by molar-refractivity contribution is 0.0697. The summed E-state index contributed by atoms with van der Waals surface area (Å²) in [7, 11) is 0. The lowest BCUT2D eigenvalue weighted by atomic mass is 9.98. The van der Waals surface area contributed by atoms with E-state index in [-0.39, 0.29) is 11.3 Å². The number of urea groups is 1. The molecular weight excluding hydrogens is 457 g/mol. The van der Waals surface area contributed by atoms with Crippen LogP contribution in [0.4, 0.5) is 26.2 Å². The van der Waals surface area contributed by atoms with Crippen LogP contribution in [0.2, 0.25) is 0 Å². The second kappa shape index (κ2) is 11.2. The van der Waals surface area contributed by atoms with Gasteiger partial charge >= 0.3 is 12.0 Å². The van der Waals surface area contributed by atoms with Crippen molar-refractivity contribution in [2.45, 2.75) is 33.1 Å². The van der Waals surface area contributed by atoms with E-state index in [2.05, 4.69) is 29.4 Å². The number of halogens is 1. The molecule has 188 valence electrons. The number of anilines is 3. The van der Waals surface area contributed by atoms with Crippen LogP contribution in [0, 0.1) is 17.7 Å². The first-order valence-corrected chi connectivity index (χ1v) is 12.4. The fraction of sp³-hybridized carbons (Fsp3) is 0.310. The number of rotatable bonds is 10. The Morgan fingerprint density at radius 3 is 2.39 bits per heavy atom. The predicted molar refractivity (Wildman–Crippen MR) is 142 cm³/mol. The molecule has 0 aliphatic heterocycles. The fourth-order valence-electron chi connectivity index (χ4n) is 4.34. The molecule has 3 aromatic rings. The zero-order valence-electron chi connectivity index (χ0n) is 20.6. The molecule has 0 heterocycles. The third kappa shape index (κ3) is 6.42. The highest BCUT2D eigenvalue weighted by Crippen LogP contribution is 2.36. The van der Waals surface area contributed by atoms with Crippen LogP contribution in [0.15, 0.2) is 66.7 Å². The van der Waals surface area contributed by atoms with E-state index in [1.54, 1.807) is 42.5 Å². The Morgan fingerprint density at radius 1 is 1.00 bits per heavy atom. The van der Waals surface area contributed by atoms with Gasteiger partial charge in [0.1, 0.15) is 5.82 Å². The first-order chi connectivity index (χ1) is 17.3. The molecule has 3 N–H and O–H groups in total. The van der Waals surface area contributed by atoms with Crippen molar-refractivity contribution < 1.29 is 19.1 Å². The number of hydrogen-bond acceptors (Lipinski definition) is 3. The average molecular weight is 490 g/mol. The maximum absolute atomic E-state index is 14.1. The van der Waals surface area contributed by atoms with Gasteiger partial charge in [-0.25, -0.2) is 14.0 Å². The largest absolute Gasteiger partial charge is 0.478 e. The normalized spacial score (nSPS) is 12.9. The minimum atomic E-state index is -1.02. The van der Waals surface area contributed by atoms with Crippen molar-refractivity contribution in [2.75, 3.05) is 28.6 Å². The molecule has 4 rings (SSSR count). The van der Waals surface area contributed by atoms with Gasteiger partial charge in [-0.15, -0.1) is 0 Å². The molecule has 3 aromatic carbocycles. The number of carbonyl (C=O) groups is 2. The number of amides is 2. The van der Waals surface area contributed by atoms with Crippen molar-refractivity contribution in [1.29, 1.82) is 0 Å². The van der Waals surface area contributed by atoms with Crippen molar-refractivity contribution in [3.63, 3.8) is 0 Å². The summed E-state index contributed by atoms with van der Waals surface area (Å²) in [5.74, 6) is -0.394. The second-order valence-electron chi connectivity index (χ2n) is 9.71. The Morgan fingerprint density at radius 2 is 1.69 bits per heavy atom. The molecule has 0 atom stereocenters. The summed E-state index contributed by atoms with van der Waals surface area (Å²) in [5.41, 5.74) is 2.88. The van der Waals surface area contributed by atoms with Gasteiger partial charge in [0.15, 0.2) is 0 Å². The number of benzene rings is 3. The first kappa shape index (κ1) is 25.2. The van der Waals surface area contributed by atoms with E-state index in [0.717, 1.165) is 31.1 Å². The monoisotopic (exact) mass is 489 g/mol. The lowest BCUT2D eigenvalue weighted by Gasteiger charge is -2.29. The van der Waals surface area contributed by atoms with Gasteiger partial charge in [0.05, 0.1) is 22.6 Å². The second-order valence-corrected chi connectivity index (χ2v) is 9.71. The maximum atomic E-state index is 14.1. The summed E-state index contributed by atoms with van der Waals surface area (Å²) in [4.78, 5) is 27.0. The third-order valence-electron chi connectivity index (χ3n) is 6.27. The molecule has 1 aliphatic carbocycles. The topological polar surface area (TPSA) is 81.7 Å². The number of hydrogen-bond donors (Lipinski definition) is 3. The van der Waals surface area contributed by atoms with Gasteiger partial charge in [-0.1, -0.05) is 63.1 Å². The van der Waals surface area contributed by atoms with Crippen LogP contribution in [0.5, 0.6) is 0 Å². The smallest absolute Gasteiger partial charge is 0.336 e. The molecule has 0 aromatic heterocycles. The summed E-state index contributed by atoms with van der Waals surface area (Å²) in [5, 5.41) is 15.2. The number of nitrogens with zero attached hydrogens (tertiary/aromatic N) is 1. The zero-order chi connectivity index (χ0) is 25.7. The van der Waals surface area contributed by atoms with Crippen molar-refractivity contribution in [2.24, 2.45) is 11.8 Å². The summed E-state index contributed by atoms with van der Waals surface area (Å²) in [6, 6.07) is 17.8. The lowest BCUT2D eigenvalue weighted by Crippen LogP contribution is -2.30. The SMILES string of the molecule is CC(C)CN(CCC1CC1)c1ccc(-c2ccccc2C(=O)O)cc1NC(=O)Nc1ccccc1F. The van der Waals surface area contributed by atoms with E-state index in [9.17, 15) is 19.1 Å². The van der Waals surface area contributed by atoms with Gasteiger partial charge in [0.25, 0.3) is 0 Å². The van der Waals surface area contributed by atoms with E-state index in [1.165, 1.54) is 25.0 Å². The Bertz CT molecular complexity index is 1240. The van der Waals surface area contributed by atoms with Crippen LogP contribution in [-0.2, 0) is 0 Å². The van der Waals surface area contributed by atoms with E-state index in [0.29, 0.717) is 22.7 Å². The minimum absolute atomic E-state index is 0.0803. The number of carboxylic acids is 1. The van der Waals surface area contributed by atoms with Gasteiger partial charge in [-0.3, -0.25) is 0 Å². The molecule has 6 nitrogen and oxygen atoms in total. The van der Waals surface area contributed by atoms with Crippen LogP contribution < -0.4 is 15.5 Å². The molecule has 0 saturated heterocycles. The van der Waals surface area contributed by atoms with Gasteiger partial charge in [0, 0.05) is 13.1 Å². The van der Waals surface area contributed by atoms with Gasteiger partial charge < -0.3 is 20.6 Å². The standard InChI is InChI=1S/C29H32FN3O3/c1-19(2)18-33(16-15-20-11-12-20)27-14-13-21(22-7-3-4-8-23(22)28(34)35)17-26(27)32-29(36)31-25-10-6-5-9-24(25)30/h3-10,13-14,17,19-20H,11-12,15-16,18H2,1-2H3,(H,34,35)(H2,31,32,36). The van der Waals surface area contributed by atoms with E-state index in [1.807, 2.05) is 12.1 Å². The number of aromatic carboxylic acids is 1. The molecule has 36 heavy (non-hydrogen) atoms. The highest BCUT2D eigenvalue weighted by atomic mass is 19.1. The molecule has 1 fully saturated rings. The van der Waals surface area contributed by atoms with Gasteiger partial charge in [-0.05, 0) is 59.7 Å². The molecular formula is C29H32FN3O3. The fourth-order valence-corrected chi connectivity index (χ4v) is 4.34. The maximum Gasteiger partial charge on any atom is 0.336 e. The molecule has 1 aliphatic rings. The zero-order valence-corrected chi connectivity index (χ0v) is 20.6. The Kier molecular flexibility index (Phi) is 7.88. The molecule has 0 spiro atoms.